The van der Waals surface area contributed by atoms with Crippen LogP contribution in [-0.2, 0) is 11.2 Å². The Bertz CT molecular complexity index is 1170. The van der Waals surface area contributed by atoms with Crippen molar-refractivity contribution in [2.24, 2.45) is 5.41 Å². The molecule has 182 valence electrons. The van der Waals surface area contributed by atoms with Crippen LogP contribution in [0.25, 0.3) is 11.3 Å². The second-order valence-corrected chi connectivity index (χ2v) is 9.70. The van der Waals surface area contributed by atoms with Gasteiger partial charge in [0.15, 0.2) is 0 Å². The number of benzene rings is 1. The van der Waals surface area contributed by atoms with Crippen LogP contribution in [0, 0.1) is 5.41 Å². The first kappa shape index (κ1) is 24.2. The molecular formula is C24H27F3N4O3. The van der Waals surface area contributed by atoms with Crippen LogP contribution >= 0.6 is 0 Å². The molecule has 0 radical (unpaired) electrons. The molecule has 1 atom stereocenters. The minimum absolute atomic E-state index is 0.364. The molecule has 0 bridgehead atoms. The molecule has 0 unspecified atom stereocenters. The number of H-pyrrole nitrogens is 1. The number of hydrogen-bond donors (Lipinski definition) is 3. The highest BCUT2D eigenvalue weighted by molar-refractivity contribution is 5.60. The van der Waals surface area contributed by atoms with Crippen molar-refractivity contribution in [3.8, 4) is 17.0 Å². The van der Waals surface area contributed by atoms with E-state index in [-0.39, 0.29) is 5.75 Å². The number of nitrogens with one attached hydrogen (secondary N) is 1. The number of rotatable bonds is 6. The topological polar surface area (TPSA) is 94.5 Å². The van der Waals surface area contributed by atoms with E-state index in [0.717, 1.165) is 0 Å². The van der Waals surface area contributed by atoms with E-state index in [9.17, 15) is 23.4 Å². The van der Waals surface area contributed by atoms with Crippen LogP contribution in [0.15, 0.2) is 48.8 Å². The van der Waals surface area contributed by atoms with Crippen LogP contribution in [0.5, 0.6) is 5.75 Å². The summed E-state index contributed by atoms with van der Waals surface area (Å²) in [5.74, 6) is -0.364. The van der Waals surface area contributed by atoms with Gasteiger partial charge in [-0.1, -0.05) is 19.1 Å². The highest BCUT2D eigenvalue weighted by atomic mass is 19.4. The molecular weight excluding hydrogens is 449 g/mol. The van der Waals surface area contributed by atoms with Crippen LogP contribution in [0.1, 0.15) is 37.6 Å². The Morgan fingerprint density at radius 3 is 2.21 bits per heavy atom. The first-order chi connectivity index (χ1) is 15.7. The van der Waals surface area contributed by atoms with Gasteiger partial charge in [-0.15, -0.1) is 13.2 Å². The molecule has 3 N–H and O–H groups in total. The number of pyridine rings is 1. The van der Waals surface area contributed by atoms with Crippen molar-refractivity contribution in [2.75, 3.05) is 20.1 Å². The second kappa shape index (κ2) is 8.07. The molecule has 3 aromatic rings. The van der Waals surface area contributed by atoms with Gasteiger partial charge in [-0.2, -0.15) is 5.10 Å². The van der Waals surface area contributed by atoms with Crippen LogP contribution in [-0.4, -0.2) is 56.8 Å². The molecule has 1 aliphatic rings. The number of likely N-dealkylation sites (tertiary alicyclic amines) is 1. The smallest absolute Gasteiger partial charge is 0.406 e. The fraction of sp³-hybridized carbons (Fsp3) is 0.417. The largest absolute Gasteiger partial charge is 0.573 e. The van der Waals surface area contributed by atoms with Crippen molar-refractivity contribution in [2.45, 2.75) is 38.3 Å². The van der Waals surface area contributed by atoms with Gasteiger partial charge in [0.25, 0.3) is 0 Å². The number of alkyl halides is 3. The summed E-state index contributed by atoms with van der Waals surface area (Å²) in [7, 11) is 1.93. The van der Waals surface area contributed by atoms with E-state index in [2.05, 4.69) is 19.9 Å². The van der Waals surface area contributed by atoms with Crippen molar-refractivity contribution >= 4 is 0 Å². The molecule has 2 aromatic heterocycles. The molecule has 10 heteroatoms. The molecule has 0 saturated carbocycles. The van der Waals surface area contributed by atoms with Gasteiger partial charge in [0, 0.05) is 42.0 Å². The van der Waals surface area contributed by atoms with Crippen LogP contribution in [0.2, 0.25) is 0 Å². The normalized spacial score (nSPS) is 18.3. The minimum atomic E-state index is -4.80. The van der Waals surface area contributed by atoms with Gasteiger partial charge in [-0.3, -0.25) is 10.1 Å². The zero-order valence-corrected chi connectivity index (χ0v) is 19.3. The van der Waals surface area contributed by atoms with Crippen molar-refractivity contribution in [3.05, 3.63) is 65.6 Å². The third-order valence-electron chi connectivity index (χ3n) is 6.31. The summed E-state index contributed by atoms with van der Waals surface area (Å²) >= 11 is 0. The number of aromatic nitrogens is 3. The van der Waals surface area contributed by atoms with Crippen molar-refractivity contribution in [3.63, 3.8) is 0 Å². The van der Waals surface area contributed by atoms with E-state index in [0.29, 0.717) is 41.2 Å². The van der Waals surface area contributed by atoms with E-state index in [1.165, 1.54) is 24.3 Å². The van der Waals surface area contributed by atoms with Crippen molar-refractivity contribution in [1.29, 1.82) is 0 Å². The van der Waals surface area contributed by atoms with E-state index in [1.54, 1.807) is 38.4 Å². The zero-order chi connectivity index (χ0) is 24.9. The minimum Gasteiger partial charge on any atom is -0.406 e. The van der Waals surface area contributed by atoms with Gasteiger partial charge in [0.1, 0.15) is 17.0 Å². The average Bonchev–Trinajstić information content (AvgIpc) is 3.22. The Morgan fingerprint density at radius 2 is 1.68 bits per heavy atom. The molecule has 34 heavy (non-hydrogen) atoms. The third-order valence-corrected chi connectivity index (χ3v) is 6.31. The predicted molar refractivity (Wildman–Crippen MR) is 119 cm³/mol. The maximum atomic E-state index is 12.6. The van der Waals surface area contributed by atoms with Crippen LogP contribution in [0.3, 0.4) is 0 Å². The Kier molecular flexibility index (Phi) is 5.74. The van der Waals surface area contributed by atoms with Gasteiger partial charge in [0.05, 0.1) is 11.4 Å². The monoisotopic (exact) mass is 476 g/mol. The van der Waals surface area contributed by atoms with Gasteiger partial charge in [0.2, 0.25) is 0 Å². The summed E-state index contributed by atoms with van der Waals surface area (Å²) in [6, 6.07) is 8.75. The molecule has 3 heterocycles. The maximum absolute atomic E-state index is 12.6. The summed E-state index contributed by atoms with van der Waals surface area (Å²) in [5, 5.41) is 29.5. The number of ether oxygens (including phenoxy) is 1. The molecule has 1 saturated heterocycles. The Morgan fingerprint density at radius 1 is 1.03 bits per heavy atom. The molecule has 0 spiro atoms. The quantitative estimate of drug-likeness (QED) is 0.501. The van der Waals surface area contributed by atoms with Gasteiger partial charge in [-0.05, 0) is 50.7 Å². The van der Waals surface area contributed by atoms with E-state index < -0.39 is 23.0 Å². The third kappa shape index (κ3) is 4.40. The first-order valence-electron chi connectivity index (χ1n) is 10.7. The summed E-state index contributed by atoms with van der Waals surface area (Å²) in [6.07, 6.45) is -1.65. The highest BCUT2D eigenvalue weighted by Gasteiger charge is 2.55. The van der Waals surface area contributed by atoms with E-state index in [4.69, 9.17) is 0 Å². The number of hydrogen-bond acceptors (Lipinski definition) is 6. The molecule has 1 aliphatic heterocycles. The molecule has 0 amide bonds. The highest BCUT2D eigenvalue weighted by Crippen LogP contribution is 2.50. The fourth-order valence-electron chi connectivity index (χ4n) is 4.70. The van der Waals surface area contributed by atoms with E-state index in [1.807, 2.05) is 18.9 Å². The Balaban J connectivity index is 1.77. The summed E-state index contributed by atoms with van der Waals surface area (Å²) in [5.41, 5.74) is -0.687. The number of aromatic amines is 1. The van der Waals surface area contributed by atoms with Gasteiger partial charge in [-0.25, -0.2) is 0 Å². The zero-order valence-electron chi connectivity index (χ0n) is 19.3. The number of nitrogens with zero attached hydrogens (tertiary/aromatic N) is 3. The maximum Gasteiger partial charge on any atom is 0.573 e. The molecule has 1 fully saturated rings. The summed E-state index contributed by atoms with van der Waals surface area (Å²) in [6.45, 7) is 6.34. The fourth-order valence-corrected chi connectivity index (χ4v) is 4.70. The predicted octanol–water partition coefficient (Wildman–Crippen LogP) is 3.79. The van der Waals surface area contributed by atoms with Gasteiger partial charge < -0.3 is 19.8 Å². The lowest BCUT2D eigenvalue weighted by atomic mass is 9.62. The van der Waals surface area contributed by atoms with Crippen molar-refractivity contribution < 1.29 is 28.1 Å². The molecule has 4 rings (SSSR count). The lowest BCUT2D eigenvalue weighted by molar-refractivity contribution is -0.274. The summed E-state index contributed by atoms with van der Waals surface area (Å²) < 4.78 is 41.8. The SMILES string of the molecule is CN1CC(C)([C@](O)(c2ccc(OC(F)(F)F)cc2)c2cncc(-c3cc(C(C)(C)O)[nH]n3)c2)C1. The Hall–Kier alpha value is -2.95. The molecule has 7 nitrogen and oxygen atoms in total. The standard InChI is InChI=1S/C24H27F3N4O3/c1-21(2,32)20-10-19(29-30-20)15-9-17(12-28-11-15)23(33,22(3)13-31(4)14-22)16-5-7-18(8-6-16)34-24(25,26)27/h5-12,32-33H,13-14H2,1-4H3,(H,29,30)/t23-/m0/s1. The summed E-state index contributed by atoms with van der Waals surface area (Å²) in [4.78, 5) is 6.37. The lowest BCUT2D eigenvalue weighted by Crippen LogP contribution is -2.63. The average molecular weight is 476 g/mol. The van der Waals surface area contributed by atoms with Crippen molar-refractivity contribution in [1.82, 2.24) is 20.1 Å². The van der Waals surface area contributed by atoms with Gasteiger partial charge >= 0.3 is 6.36 Å². The number of aliphatic hydroxyl groups is 2. The second-order valence-electron chi connectivity index (χ2n) is 9.70. The Labute approximate surface area is 195 Å². The number of halogens is 3. The van der Waals surface area contributed by atoms with Crippen LogP contribution < -0.4 is 4.74 Å². The van der Waals surface area contributed by atoms with Crippen LogP contribution in [0.4, 0.5) is 13.2 Å². The molecule has 0 aliphatic carbocycles. The molecule has 1 aromatic carbocycles. The lowest BCUT2D eigenvalue weighted by Gasteiger charge is -2.55. The first-order valence-corrected chi connectivity index (χ1v) is 10.7. The van der Waals surface area contributed by atoms with E-state index >= 15 is 0 Å².